The maximum atomic E-state index is 12.6. The predicted molar refractivity (Wildman–Crippen MR) is 99.9 cm³/mol. The molecule has 6 nitrogen and oxygen atoms in total. The number of ether oxygens (including phenoxy) is 1. The SMILES string of the molecule is O=S(=O)(NCCc1nc(-c2ccncc2)cs1)c1cccc2c1OCC2. The van der Waals surface area contributed by atoms with Gasteiger partial charge in [-0.05, 0) is 23.8 Å². The van der Waals surface area contributed by atoms with Gasteiger partial charge in [-0.1, -0.05) is 12.1 Å². The fraction of sp³-hybridized carbons (Fsp3) is 0.222. The maximum absolute atomic E-state index is 12.6. The normalized spacial score (nSPS) is 13.4. The molecule has 0 atom stereocenters. The third kappa shape index (κ3) is 3.48. The molecule has 26 heavy (non-hydrogen) atoms. The van der Waals surface area contributed by atoms with Gasteiger partial charge in [0.25, 0.3) is 0 Å². The van der Waals surface area contributed by atoms with Crippen molar-refractivity contribution in [1.29, 1.82) is 0 Å². The Morgan fingerprint density at radius 2 is 2.04 bits per heavy atom. The highest BCUT2D eigenvalue weighted by Crippen LogP contribution is 2.32. The van der Waals surface area contributed by atoms with Crippen LogP contribution in [0.2, 0.25) is 0 Å². The first-order valence-electron chi connectivity index (χ1n) is 8.23. The van der Waals surface area contributed by atoms with E-state index >= 15 is 0 Å². The van der Waals surface area contributed by atoms with Gasteiger partial charge in [0, 0.05) is 42.7 Å². The van der Waals surface area contributed by atoms with E-state index in [4.69, 9.17) is 4.74 Å². The second-order valence-electron chi connectivity index (χ2n) is 5.85. The lowest BCUT2D eigenvalue weighted by molar-refractivity contribution is 0.348. The Bertz CT molecular complexity index is 1020. The minimum Gasteiger partial charge on any atom is -0.492 e. The van der Waals surface area contributed by atoms with Gasteiger partial charge in [-0.3, -0.25) is 4.98 Å². The molecule has 3 heterocycles. The van der Waals surface area contributed by atoms with Crippen LogP contribution in [0.15, 0.2) is 53.0 Å². The van der Waals surface area contributed by atoms with E-state index < -0.39 is 10.0 Å². The van der Waals surface area contributed by atoms with Crippen LogP contribution in [0, 0.1) is 0 Å². The number of rotatable bonds is 6. The summed E-state index contributed by atoms with van der Waals surface area (Å²) in [6.45, 7) is 0.814. The number of thiazole rings is 1. The van der Waals surface area contributed by atoms with Gasteiger partial charge in [-0.2, -0.15) is 0 Å². The summed E-state index contributed by atoms with van der Waals surface area (Å²) in [7, 11) is -3.61. The first-order valence-corrected chi connectivity index (χ1v) is 10.6. The molecule has 3 aromatic rings. The van der Waals surface area contributed by atoms with Crippen LogP contribution in [0.25, 0.3) is 11.3 Å². The summed E-state index contributed by atoms with van der Waals surface area (Å²) in [5, 5.41) is 2.85. The lowest BCUT2D eigenvalue weighted by Crippen LogP contribution is -2.26. The van der Waals surface area contributed by atoms with E-state index in [0.29, 0.717) is 18.8 Å². The van der Waals surface area contributed by atoms with Crippen LogP contribution in [0.1, 0.15) is 10.6 Å². The van der Waals surface area contributed by atoms with Crippen molar-refractivity contribution in [1.82, 2.24) is 14.7 Å². The Morgan fingerprint density at radius 1 is 1.19 bits per heavy atom. The van der Waals surface area contributed by atoms with Crippen LogP contribution in [-0.4, -0.2) is 31.5 Å². The van der Waals surface area contributed by atoms with Gasteiger partial charge >= 0.3 is 0 Å². The van der Waals surface area contributed by atoms with Crippen molar-refractivity contribution in [3.63, 3.8) is 0 Å². The Morgan fingerprint density at radius 3 is 2.88 bits per heavy atom. The Balaban J connectivity index is 1.42. The van der Waals surface area contributed by atoms with E-state index in [1.165, 1.54) is 11.3 Å². The van der Waals surface area contributed by atoms with Crippen molar-refractivity contribution in [2.45, 2.75) is 17.7 Å². The molecule has 0 spiro atoms. The molecule has 0 fully saturated rings. The number of hydrogen-bond acceptors (Lipinski definition) is 6. The van der Waals surface area contributed by atoms with Crippen molar-refractivity contribution in [3.05, 3.63) is 58.7 Å². The van der Waals surface area contributed by atoms with E-state index in [1.54, 1.807) is 24.5 Å². The molecule has 0 unspecified atom stereocenters. The van der Waals surface area contributed by atoms with E-state index in [2.05, 4.69) is 14.7 Å². The zero-order valence-corrected chi connectivity index (χ0v) is 15.5. The molecule has 0 saturated heterocycles. The van der Waals surface area contributed by atoms with Crippen molar-refractivity contribution < 1.29 is 13.2 Å². The zero-order valence-electron chi connectivity index (χ0n) is 13.9. The van der Waals surface area contributed by atoms with Gasteiger partial charge in [-0.25, -0.2) is 18.1 Å². The Labute approximate surface area is 156 Å². The van der Waals surface area contributed by atoms with Gasteiger partial charge in [0.2, 0.25) is 10.0 Å². The molecule has 0 radical (unpaired) electrons. The molecule has 1 N–H and O–H groups in total. The quantitative estimate of drug-likeness (QED) is 0.703. The van der Waals surface area contributed by atoms with Crippen LogP contribution < -0.4 is 9.46 Å². The summed E-state index contributed by atoms with van der Waals surface area (Å²) in [5.74, 6) is 0.481. The fourth-order valence-electron chi connectivity index (χ4n) is 2.85. The largest absolute Gasteiger partial charge is 0.492 e. The molecule has 1 aliphatic rings. The summed E-state index contributed by atoms with van der Waals surface area (Å²) in [6, 6.07) is 9.04. The number of nitrogens with one attached hydrogen (secondary N) is 1. The summed E-state index contributed by atoms with van der Waals surface area (Å²) in [4.78, 5) is 8.77. The van der Waals surface area contributed by atoms with Crippen molar-refractivity contribution in [2.75, 3.05) is 13.2 Å². The van der Waals surface area contributed by atoms with E-state index in [9.17, 15) is 8.42 Å². The summed E-state index contributed by atoms with van der Waals surface area (Å²) < 4.78 is 33.3. The lowest BCUT2D eigenvalue weighted by Gasteiger charge is -2.09. The van der Waals surface area contributed by atoms with Crippen molar-refractivity contribution >= 4 is 21.4 Å². The van der Waals surface area contributed by atoms with Crippen molar-refractivity contribution in [3.8, 4) is 17.0 Å². The van der Waals surface area contributed by atoms with Crippen LogP contribution in [0.4, 0.5) is 0 Å². The molecule has 1 aromatic carbocycles. The monoisotopic (exact) mass is 387 g/mol. The van der Waals surface area contributed by atoms with Crippen LogP contribution in [-0.2, 0) is 22.9 Å². The van der Waals surface area contributed by atoms with Crippen LogP contribution in [0.5, 0.6) is 5.75 Å². The summed E-state index contributed by atoms with van der Waals surface area (Å²) in [5.41, 5.74) is 2.82. The molecular formula is C18H17N3O3S2. The molecule has 0 bridgehead atoms. The Hall–Kier alpha value is -2.29. The molecule has 2 aromatic heterocycles. The van der Waals surface area contributed by atoms with Gasteiger partial charge in [0.05, 0.1) is 17.3 Å². The molecule has 134 valence electrons. The number of benzene rings is 1. The second kappa shape index (κ2) is 7.14. The van der Waals surface area contributed by atoms with E-state index in [0.717, 1.165) is 28.2 Å². The number of hydrogen-bond donors (Lipinski definition) is 1. The predicted octanol–water partition coefficient (Wildman–Crippen LogP) is 2.66. The lowest BCUT2D eigenvalue weighted by atomic mass is 10.2. The fourth-order valence-corrected chi connectivity index (χ4v) is 4.87. The van der Waals surface area contributed by atoms with E-state index in [-0.39, 0.29) is 11.4 Å². The van der Waals surface area contributed by atoms with E-state index in [1.807, 2.05) is 23.6 Å². The second-order valence-corrected chi connectivity index (χ2v) is 8.53. The highest BCUT2D eigenvalue weighted by atomic mass is 32.2. The minimum atomic E-state index is -3.61. The maximum Gasteiger partial charge on any atom is 0.244 e. The average Bonchev–Trinajstić information content (AvgIpc) is 3.31. The topological polar surface area (TPSA) is 81.2 Å². The molecule has 0 aliphatic carbocycles. The van der Waals surface area contributed by atoms with Gasteiger partial charge in [0.15, 0.2) is 0 Å². The van der Waals surface area contributed by atoms with Gasteiger partial charge in [-0.15, -0.1) is 11.3 Å². The number of para-hydroxylation sites is 1. The smallest absolute Gasteiger partial charge is 0.244 e. The average molecular weight is 387 g/mol. The van der Waals surface area contributed by atoms with Crippen LogP contribution in [0.3, 0.4) is 0 Å². The first kappa shape index (κ1) is 17.1. The third-order valence-corrected chi connectivity index (χ3v) is 6.52. The molecular weight excluding hydrogens is 370 g/mol. The number of aromatic nitrogens is 2. The number of sulfonamides is 1. The molecule has 4 rings (SSSR count). The number of nitrogens with zero attached hydrogens (tertiary/aromatic N) is 2. The van der Waals surface area contributed by atoms with Crippen molar-refractivity contribution in [2.24, 2.45) is 0 Å². The molecule has 8 heteroatoms. The third-order valence-electron chi connectivity index (χ3n) is 4.13. The number of fused-ring (bicyclic) bond motifs is 1. The molecule has 1 aliphatic heterocycles. The highest BCUT2D eigenvalue weighted by molar-refractivity contribution is 7.89. The van der Waals surface area contributed by atoms with Crippen LogP contribution >= 0.6 is 11.3 Å². The number of pyridine rings is 1. The molecule has 0 saturated carbocycles. The standard InChI is InChI=1S/C18H17N3O3S2/c22-26(23,16-3-1-2-14-7-11-24-18(14)16)20-10-6-17-21-15(12-25-17)13-4-8-19-9-5-13/h1-5,8-9,12,20H,6-7,10-11H2. The summed E-state index contributed by atoms with van der Waals surface area (Å²) >= 11 is 1.52. The summed E-state index contributed by atoms with van der Waals surface area (Å²) in [6.07, 6.45) is 4.73. The molecule has 0 amide bonds. The first-order chi connectivity index (χ1) is 12.6. The minimum absolute atomic E-state index is 0.212. The zero-order chi connectivity index (χ0) is 18.0. The van der Waals surface area contributed by atoms with Gasteiger partial charge in [0.1, 0.15) is 10.6 Å². The highest BCUT2D eigenvalue weighted by Gasteiger charge is 2.24. The van der Waals surface area contributed by atoms with Gasteiger partial charge < -0.3 is 4.74 Å². The Kier molecular flexibility index (Phi) is 4.71.